The average Bonchev–Trinajstić information content (AvgIpc) is 3.47. The first-order valence-corrected chi connectivity index (χ1v) is 17.2. The third-order valence-electron chi connectivity index (χ3n) is 7.77. The highest BCUT2D eigenvalue weighted by molar-refractivity contribution is 7.92. The van der Waals surface area contributed by atoms with Crippen molar-refractivity contribution in [1.82, 2.24) is 10.2 Å². The van der Waals surface area contributed by atoms with Crippen molar-refractivity contribution in [3.63, 3.8) is 0 Å². The van der Waals surface area contributed by atoms with Crippen LogP contribution in [0.4, 0.5) is 5.69 Å². The zero-order valence-electron chi connectivity index (χ0n) is 24.6. The number of anilines is 1. The van der Waals surface area contributed by atoms with E-state index < -0.39 is 16.1 Å². The first-order valence-electron chi connectivity index (χ1n) is 14.6. The van der Waals surface area contributed by atoms with Gasteiger partial charge in [0.2, 0.25) is 21.8 Å². The van der Waals surface area contributed by atoms with Crippen LogP contribution in [0.3, 0.4) is 0 Å². The number of carbonyl (C=O) groups is 2. The minimum Gasteiger partial charge on any atom is -0.352 e. The molecule has 7 nitrogen and oxygen atoms in total. The van der Waals surface area contributed by atoms with E-state index in [1.54, 1.807) is 35.2 Å². The van der Waals surface area contributed by atoms with Crippen LogP contribution >= 0.6 is 23.2 Å². The molecule has 2 amide bonds. The van der Waals surface area contributed by atoms with Gasteiger partial charge in [-0.05, 0) is 67.1 Å². The van der Waals surface area contributed by atoms with Crippen LogP contribution in [0.15, 0.2) is 72.8 Å². The van der Waals surface area contributed by atoms with Crippen molar-refractivity contribution in [2.45, 2.75) is 70.5 Å². The van der Waals surface area contributed by atoms with Gasteiger partial charge in [0.1, 0.15) is 6.04 Å². The predicted molar refractivity (Wildman–Crippen MR) is 174 cm³/mol. The van der Waals surface area contributed by atoms with Gasteiger partial charge in [0.15, 0.2) is 0 Å². The van der Waals surface area contributed by atoms with Gasteiger partial charge in [-0.15, -0.1) is 0 Å². The van der Waals surface area contributed by atoms with Crippen molar-refractivity contribution >= 4 is 50.7 Å². The molecule has 3 aromatic rings. The van der Waals surface area contributed by atoms with E-state index in [9.17, 15) is 18.0 Å². The van der Waals surface area contributed by atoms with Gasteiger partial charge in [0, 0.05) is 42.0 Å². The molecule has 1 aliphatic rings. The molecule has 10 heteroatoms. The molecule has 230 valence electrons. The van der Waals surface area contributed by atoms with Crippen molar-refractivity contribution in [1.29, 1.82) is 0 Å². The van der Waals surface area contributed by atoms with Crippen LogP contribution in [0, 0.1) is 6.92 Å². The number of benzene rings is 3. The monoisotopic (exact) mass is 643 g/mol. The number of hydrogen-bond acceptors (Lipinski definition) is 4. The maximum atomic E-state index is 14.0. The maximum Gasteiger partial charge on any atom is 0.243 e. The lowest BCUT2D eigenvalue weighted by Gasteiger charge is -2.33. The zero-order chi connectivity index (χ0) is 31.0. The fourth-order valence-electron chi connectivity index (χ4n) is 5.54. The van der Waals surface area contributed by atoms with E-state index in [0.717, 1.165) is 43.1 Å². The Labute approximate surface area is 265 Å². The van der Waals surface area contributed by atoms with Gasteiger partial charge in [0.05, 0.1) is 11.9 Å². The SMILES string of the molecule is Cc1cccc(N(CCCC(=O)N(Cc2ccc(Cl)cc2Cl)[C@H](Cc2ccccc2)C(=O)NC2CCCC2)S(C)(=O)=O)c1. The Hall–Kier alpha value is -3.07. The molecule has 1 saturated carbocycles. The Kier molecular flexibility index (Phi) is 11.5. The number of aryl methyl sites for hydroxylation is 1. The number of hydrogen-bond donors (Lipinski definition) is 1. The summed E-state index contributed by atoms with van der Waals surface area (Å²) in [6.07, 6.45) is 5.77. The summed E-state index contributed by atoms with van der Waals surface area (Å²) < 4.78 is 26.7. The van der Waals surface area contributed by atoms with Crippen molar-refractivity contribution in [3.8, 4) is 0 Å². The lowest BCUT2D eigenvalue weighted by Crippen LogP contribution is -2.52. The van der Waals surface area contributed by atoms with E-state index in [0.29, 0.717) is 27.7 Å². The van der Waals surface area contributed by atoms with Crippen LogP contribution in [-0.2, 0) is 32.6 Å². The molecule has 0 heterocycles. The Morgan fingerprint density at radius 1 is 0.977 bits per heavy atom. The summed E-state index contributed by atoms with van der Waals surface area (Å²) in [7, 11) is -3.58. The summed E-state index contributed by atoms with van der Waals surface area (Å²) in [5, 5.41) is 4.07. The number of carbonyl (C=O) groups excluding carboxylic acids is 2. The van der Waals surface area contributed by atoms with E-state index in [2.05, 4.69) is 5.32 Å². The van der Waals surface area contributed by atoms with E-state index in [1.165, 1.54) is 4.31 Å². The number of nitrogens with zero attached hydrogens (tertiary/aromatic N) is 2. The maximum absolute atomic E-state index is 14.0. The van der Waals surface area contributed by atoms with Crippen LogP contribution in [0.5, 0.6) is 0 Å². The molecule has 1 aliphatic carbocycles. The second-order valence-electron chi connectivity index (χ2n) is 11.2. The zero-order valence-corrected chi connectivity index (χ0v) is 27.0. The lowest BCUT2D eigenvalue weighted by atomic mass is 10.0. The molecule has 0 spiro atoms. The second kappa shape index (κ2) is 15.1. The minimum absolute atomic E-state index is 0.0467. The van der Waals surface area contributed by atoms with Crippen molar-refractivity contribution in [2.75, 3.05) is 17.1 Å². The third-order valence-corrected chi connectivity index (χ3v) is 9.55. The molecule has 3 aromatic carbocycles. The normalized spacial score (nSPS) is 14.3. The van der Waals surface area contributed by atoms with Gasteiger partial charge < -0.3 is 10.2 Å². The predicted octanol–water partition coefficient (Wildman–Crippen LogP) is 6.55. The second-order valence-corrected chi connectivity index (χ2v) is 14.0. The average molecular weight is 645 g/mol. The summed E-state index contributed by atoms with van der Waals surface area (Å²) in [5.74, 6) is -0.460. The smallest absolute Gasteiger partial charge is 0.243 e. The molecule has 0 aromatic heterocycles. The molecule has 1 N–H and O–H groups in total. The van der Waals surface area contributed by atoms with Crippen LogP contribution < -0.4 is 9.62 Å². The number of sulfonamides is 1. The topological polar surface area (TPSA) is 86.8 Å². The first-order chi connectivity index (χ1) is 20.5. The quantitative estimate of drug-likeness (QED) is 0.229. The van der Waals surface area contributed by atoms with E-state index in [-0.39, 0.29) is 43.8 Å². The van der Waals surface area contributed by atoms with Crippen LogP contribution in [0.2, 0.25) is 10.0 Å². The highest BCUT2D eigenvalue weighted by Gasteiger charge is 2.32. The molecule has 0 saturated heterocycles. The molecule has 0 bridgehead atoms. The van der Waals surface area contributed by atoms with Crippen molar-refractivity contribution in [3.05, 3.63) is 99.5 Å². The molecule has 1 atom stereocenters. The van der Waals surface area contributed by atoms with Gasteiger partial charge in [0.25, 0.3) is 0 Å². The summed E-state index contributed by atoms with van der Waals surface area (Å²) in [5.41, 5.74) is 3.09. The highest BCUT2D eigenvalue weighted by atomic mass is 35.5. The van der Waals surface area contributed by atoms with Gasteiger partial charge in [-0.2, -0.15) is 0 Å². The van der Waals surface area contributed by atoms with E-state index in [4.69, 9.17) is 23.2 Å². The molecular formula is C33H39Cl2N3O4S. The summed E-state index contributed by atoms with van der Waals surface area (Å²) >= 11 is 12.7. The largest absolute Gasteiger partial charge is 0.352 e. The van der Waals surface area contributed by atoms with Gasteiger partial charge >= 0.3 is 0 Å². The van der Waals surface area contributed by atoms with Crippen LogP contribution in [-0.4, -0.2) is 50.0 Å². The Bertz CT molecular complexity index is 1510. The van der Waals surface area contributed by atoms with E-state index in [1.807, 2.05) is 49.4 Å². The Balaban J connectivity index is 1.61. The third kappa shape index (κ3) is 9.46. The number of rotatable bonds is 13. The fourth-order valence-corrected chi connectivity index (χ4v) is 6.97. The number of nitrogens with one attached hydrogen (secondary N) is 1. The van der Waals surface area contributed by atoms with E-state index >= 15 is 0 Å². The first kappa shape index (κ1) is 32.8. The van der Waals surface area contributed by atoms with Gasteiger partial charge in [-0.25, -0.2) is 8.42 Å². The fraction of sp³-hybridized carbons (Fsp3) is 0.394. The van der Waals surface area contributed by atoms with Gasteiger partial charge in [-0.3, -0.25) is 13.9 Å². The minimum atomic E-state index is -3.58. The van der Waals surface area contributed by atoms with Crippen LogP contribution in [0.25, 0.3) is 0 Å². The molecule has 4 rings (SSSR count). The molecular weight excluding hydrogens is 605 g/mol. The lowest BCUT2D eigenvalue weighted by molar-refractivity contribution is -0.141. The summed E-state index contributed by atoms with van der Waals surface area (Å²) in [6.45, 7) is 2.13. The summed E-state index contributed by atoms with van der Waals surface area (Å²) in [4.78, 5) is 29.5. The molecule has 1 fully saturated rings. The van der Waals surface area contributed by atoms with Crippen LogP contribution in [0.1, 0.15) is 55.2 Å². The molecule has 43 heavy (non-hydrogen) atoms. The molecule has 0 aliphatic heterocycles. The van der Waals surface area contributed by atoms with Gasteiger partial charge in [-0.1, -0.05) is 84.6 Å². The number of amides is 2. The Morgan fingerprint density at radius 3 is 2.35 bits per heavy atom. The molecule has 0 radical (unpaired) electrons. The standard InChI is InChI=1S/C33H39Cl2N3O4S/c1-24-10-8-15-29(20-24)38(43(2,41)42)19-9-16-32(39)37(23-26-17-18-27(34)22-30(26)35)31(21-25-11-4-3-5-12-25)33(40)36-28-13-6-7-14-28/h3-5,8,10-12,15,17-18,20,22,28,31H,6-7,9,13-14,16,19,21,23H2,1-2H3,(H,36,40)/t31-/m1/s1. The van der Waals surface area contributed by atoms with Crippen molar-refractivity contribution < 1.29 is 18.0 Å². The highest BCUT2D eigenvalue weighted by Crippen LogP contribution is 2.26. The number of halogens is 2. The summed E-state index contributed by atoms with van der Waals surface area (Å²) in [6, 6.07) is 21.3. The Morgan fingerprint density at radius 2 is 1.70 bits per heavy atom. The van der Waals surface area contributed by atoms with Crippen molar-refractivity contribution in [2.24, 2.45) is 0 Å². The molecule has 0 unspecified atom stereocenters.